The van der Waals surface area contributed by atoms with Gasteiger partial charge in [-0.1, -0.05) is 36.4 Å². The average Bonchev–Trinajstić information content (AvgIpc) is 2.63. The summed E-state index contributed by atoms with van der Waals surface area (Å²) >= 11 is 0. The van der Waals surface area contributed by atoms with E-state index in [0.29, 0.717) is 12.0 Å². The van der Waals surface area contributed by atoms with Gasteiger partial charge in [0.1, 0.15) is 17.9 Å². The molecule has 2 rings (SSSR count). The number of allylic oxidation sites excluding steroid dienone is 3. The summed E-state index contributed by atoms with van der Waals surface area (Å²) in [6.07, 6.45) is 6.53. The molecule has 3 N–H and O–H groups in total. The Labute approximate surface area is 150 Å². The zero-order valence-corrected chi connectivity index (χ0v) is 14.4. The minimum atomic E-state index is -1.20. The molecule has 2 unspecified atom stereocenters. The lowest BCUT2D eigenvalue weighted by atomic mass is 10.0. The van der Waals surface area contributed by atoms with Gasteiger partial charge in [-0.05, 0) is 31.4 Å². The highest BCUT2D eigenvalue weighted by molar-refractivity contribution is 5.98. The summed E-state index contributed by atoms with van der Waals surface area (Å²) in [5, 5.41) is 13.9. The smallest absolute Gasteiger partial charge is 0.325 e. The number of amides is 2. The third kappa shape index (κ3) is 5.27. The van der Waals surface area contributed by atoms with Gasteiger partial charge >= 0.3 is 5.97 Å². The first-order valence-corrected chi connectivity index (χ1v) is 8.31. The van der Waals surface area contributed by atoms with E-state index in [1.807, 2.05) is 6.08 Å². The molecule has 1 aliphatic rings. The van der Waals surface area contributed by atoms with Gasteiger partial charge in [-0.25, -0.2) is 4.39 Å². The third-order valence-electron chi connectivity index (χ3n) is 4.04. The van der Waals surface area contributed by atoms with Crippen LogP contribution in [0.4, 0.5) is 4.39 Å². The first kappa shape index (κ1) is 19.4. The minimum absolute atomic E-state index is 0.0836. The predicted molar refractivity (Wildman–Crippen MR) is 93.7 cm³/mol. The van der Waals surface area contributed by atoms with Crippen LogP contribution in [0.1, 0.15) is 25.3 Å². The summed E-state index contributed by atoms with van der Waals surface area (Å²) in [7, 11) is 0. The molecule has 26 heavy (non-hydrogen) atoms. The zero-order valence-electron chi connectivity index (χ0n) is 14.4. The van der Waals surface area contributed by atoms with E-state index in [2.05, 4.69) is 10.6 Å². The van der Waals surface area contributed by atoms with Crippen molar-refractivity contribution in [1.82, 2.24) is 10.6 Å². The van der Waals surface area contributed by atoms with Gasteiger partial charge < -0.3 is 15.7 Å². The Balaban J connectivity index is 2.17. The summed E-state index contributed by atoms with van der Waals surface area (Å²) in [5.41, 5.74) is 0.776. The van der Waals surface area contributed by atoms with Crippen molar-refractivity contribution in [2.45, 2.75) is 38.3 Å². The van der Waals surface area contributed by atoms with Gasteiger partial charge in [-0.3, -0.25) is 14.4 Å². The van der Waals surface area contributed by atoms with Crippen LogP contribution in [0.3, 0.4) is 0 Å². The number of carboxylic acids is 1. The van der Waals surface area contributed by atoms with Crippen molar-refractivity contribution in [3.05, 3.63) is 59.4 Å². The number of rotatable bonds is 7. The number of carboxylic acid groups (broad SMARTS) is 1. The number of carbonyl (C=O) groups is 3. The highest BCUT2D eigenvalue weighted by Crippen LogP contribution is 2.14. The van der Waals surface area contributed by atoms with Crippen LogP contribution in [0, 0.1) is 5.82 Å². The Morgan fingerprint density at radius 1 is 1.23 bits per heavy atom. The van der Waals surface area contributed by atoms with Gasteiger partial charge in [0.05, 0.1) is 0 Å². The zero-order chi connectivity index (χ0) is 19.1. The van der Waals surface area contributed by atoms with E-state index in [4.69, 9.17) is 5.11 Å². The molecule has 0 bridgehead atoms. The standard InChI is InChI=1S/C19H21FN2O4/c1-12(19(25)26)21-18(24)16(11-14-9-5-6-10-15(14)20)22-17(23)13-7-3-2-4-8-13/h2-3,5-7,9-10,12,16H,4,8,11H2,1H3,(H,21,24)(H,22,23)(H,25,26). The normalized spacial score (nSPS) is 15.5. The van der Waals surface area contributed by atoms with Crippen LogP contribution >= 0.6 is 0 Å². The number of halogens is 1. The van der Waals surface area contributed by atoms with Gasteiger partial charge in [0, 0.05) is 12.0 Å². The molecule has 7 heteroatoms. The molecule has 138 valence electrons. The molecule has 6 nitrogen and oxygen atoms in total. The lowest BCUT2D eigenvalue weighted by molar-refractivity contribution is -0.141. The van der Waals surface area contributed by atoms with Crippen molar-refractivity contribution in [2.24, 2.45) is 0 Å². The van der Waals surface area contributed by atoms with Crippen LogP contribution in [0.15, 0.2) is 48.1 Å². The molecule has 1 aromatic carbocycles. The molecule has 0 aromatic heterocycles. The van der Waals surface area contributed by atoms with E-state index in [-0.39, 0.29) is 12.0 Å². The molecule has 0 fully saturated rings. The maximum atomic E-state index is 13.9. The van der Waals surface area contributed by atoms with E-state index < -0.39 is 35.7 Å². The Hall–Kier alpha value is -2.96. The maximum Gasteiger partial charge on any atom is 0.325 e. The van der Waals surface area contributed by atoms with Crippen LogP contribution in [-0.4, -0.2) is 35.0 Å². The lowest BCUT2D eigenvalue weighted by Gasteiger charge is -2.21. The average molecular weight is 360 g/mol. The molecule has 2 amide bonds. The fourth-order valence-electron chi connectivity index (χ4n) is 2.51. The molecular formula is C19H21FN2O4. The molecule has 0 saturated heterocycles. The topological polar surface area (TPSA) is 95.5 Å². The molecule has 1 aromatic rings. The molecule has 0 radical (unpaired) electrons. The van der Waals surface area contributed by atoms with Crippen LogP contribution in [0.5, 0.6) is 0 Å². The first-order chi connectivity index (χ1) is 12.4. The number of benzene rings is 1. The highest BCUT2D eigenvalue weighted by Gasteiger charge is 2.26. The Bertz CT molecular complexity index is 758. The Kier molecular flexibility index (Phi) is 6.66. The first-order valence-electron chi connectivity index (χ1n) is 8.31. The highest BCUT2D eigenvalue weighted by atomic mass is 19.1. The van der Waals surface area contributed by atoms with E-state index in [9.17, 15) is 18.8 Å². The van der Waals surface area contributed by atoms with Gasteiger partial charge in [-0.2, -0.15) is 0 Å². The van der Waals surface area contributed by atoms with E-state index in [1.165, 1.54) is 25.1 Å². The third-order valence-corrected chi connectivity index (χ3v) is 4.04. The summed E-state index contributed by atoms with van der Waals surface area (Å²) in [6.45, 7) is 1.32. The number of aliphatic carboxylic acids is 1. The van der Waals surface area contributed by atoms with E-state index in [0.717, 1.165) is 6.42 Å². The van der Waals surface area contributed by atoms with Crippen molar-refractivity contribution in [2.75, 3.05) is 0 Å². The second kappa shape index (κ2) is 8.94. The Morgan fingerprint density at radius 3 is 2.58 bits per heavy atom. The molecule has 0 spiro atoms. The molecular weight excluding hydrogens is 339 g/mol. The van der Waals surface area contributed by atoms with Crippen molar-refractivity contribution >= 4 is 17.8 Å². The SMILES string of the molecule is CC(NC(=O)C(Cc1ccccc1F)NC(=O)C1=CC=CCC1)C(=O)O. The number of hydrogen-bond acceptors (Lipinski definition) is 3. The second-order valence-electron chi connectivity index (χ2n) is 6.05. The van der Waals surface area contributed by atoms with E-state index >= 15 is 0 Å². The second-order valence-corrected chi connectivity index (χ2v) is 6.05. The molecule has 1 aliphatic carbocycles. The monoisotopic (exact) mass is 360 g/mol. The fraction of sp³-hybridized carbons (Fsp3) is 0.316. The minimum Gasteiger partial charge on any atom is -0.480 e. The summed E-state index contributed by atoms with van der Waals surface area (Å²) in [5.74, 6) is -2.79. The fourth-order valence-corrected chi connectivity index (χ4v) is 2.51. The van der Waals surface area contributed by atoms with Crippen molar-refractivity contribution in [3.63, 3.8) is 0 Å². The summed E-state index contributed by atoms with van der Waals surface area (Å²) in [4.78, 5) is 35.8. The number of hydrogen-bond donors (Lipinski definition) is 3. The van der Waals surface area contributed by atoms with Crippen LogP contribution in [-0.2, 0) is 20.8 Å². The summed E-state index contributed by atoms with van der Waals surface area (Å²) in [6, 6.07) is 3.72. The van der Waals surface area contributed by atoms with Gasteiger partial charge in [-0.15, -0.1) is 0 Å². The van der Waals surface area contributed by atoms with Gasteiger partial charge in [0.15, 0.2) is 0 Å². The maximum absolute atomic E-state index is 13.9. The van der Waals surface area contributed by atoms with Crippen molar-refractivity contribution in [1.29, 1.82) is 0 Å². The molecule has 0 heterocycles. The van der Waals surface area contributed by atoms with Gasteiger partial charge in [0.2, 0.25) is 11.8 Å². The number of carbonyl (C=O) groups excluding carboxylic acids is 2. The van der Waals surface area contributed by atoms with E-state index in [1.54, 1.807) is 18.2 Å². The lowest BCUT2D eigenvalue weighted by Crippen LogP contribution is -2.52. The van der Waals surface area contributed by atoms with Crippen molar-refractivity contribution < 1.29 is 23.9 Å². The predicted octanol–water partition coefficient (Wildman–Crippen LogP) is 1.72. The summed E-state index contributed by atoms with van der Waals surface area (Å²) < 4.78 is 13.9. The largest absolute Gasteiger partial charge is 0.480 e. The van der Waals surface area contributed by atoms with Crippen LogP contribution < -0.4 is 10.6 Å². The van der Waals surface area contributed by atoms with Gasteiger partial charge in [0.25, 0.3) is 0 Å². The molecule has 2 atom stereocenters. The van der Waals surface area contributed by atoms with Crippen LogP contribution in [0.2, 0.25) is 0 Å². The van der Waals surface area contributed by atoms with Crippen molar-refractivity contribution in [3.8, 4) is 0 Å². The molecule has 0 saturated carbocycles. The van der Waals surface area contributed by atoms with Crippen LogP contribution in [0.25, 0.3) is 0 Å². The Morgan fingerprint density at radius 2 is 1.96 bits per heavy atom. The number of nitrogens with one attached hydrogen (secondary N) is 2. The molecule has 0 aliphatic heterocycles. The quantitative estimate of drug-likeness (QED) is 0.690.